The Balaban J connectivity index is 2.02. The maximum atomic E-state index is 13.2. The fourth-order valence-corrected chi connectivity index (χ4v) is 3.50. The molecule has 3 N–H and O–H groups in total. The molecule has 1 aromatic carbocycles. The first-order chi connectivity index (χ1) is 14.0. The Morgan fingerprint density at radius 3 is 2.72 bits per heavy atom. The third-order valence-corrected chi connectivity index (χ3v) is 5.04. The van der Waals surface area contributed by atoms with E-state index in [0.29, 0.717) is 0 Å². The Kier molecular flexibility index (Phi) is 6.66. The molecule has 1 amide bonds. The van der Waals surface area contributed by atoms with Crippen molar-refractivity contribution in [1.82, 2.24) is 9.55 Å². The number of allylic oxidation sites excluding steroid dienone is 2. The molecule has 1 heterocycles. The van der Waals surface area contributed by atoms with E-state index < -0.39 is 11.2 Å². The molecule has 3 rings (SSSR count). The summed E-state index contributed by atoms with van der Waals surface area (Å²) >= 11 is 0. The van der Waals surface area contributed by atoms with Gasteiger partial charge in [0, 0.05) is 13.5 Å². The third-order valence-electron chi connectivity index (χ3n) is 5.04. The number of anilines is 2. The number of nitrogens with two attached hydrogens (primary N) is 1. The van der Waals surface area contributed by atoms with Gasteiger partial charge in [-0.2, -0.15) is 0 Å². The molecular weight excluding hydrogens is 372 g/mol. The number of nitrogens with one attached hydrogen (secondary N) is 1. The van der Waals surface area contributed by atoms with Gasteiger partial charge in [-0.3, -0.25) is 19.1 Å². The summed E-state index contributed by atoms with van der Waals surface area (Å²) in [7, 11) is 1.51. The van der Waals surface area contributed by atoms with Crippen LogP contribution in [-0.4, -0.2) is 29.2 Å². The van der Waals surface area contributed by atoms with E-state index in [9.17, 15) is 14.4 Å². The second kappa shape index (κ2) is 9.38. The Hall–Kier alpha value is -3.13. The Labute approximate surface area is 168 Å². The van der Waals surface area contributed by atoms with Crippen LogP contribution in [0.2, 0.25) is 0 Å². The van der Waals surface area contributed by atoms with Crippen molar-refractivity contribution in [2.45, 2.75) is 32.4 Å². The Bertz CT molecular complexity index is 994. The normalized spacial score (nSPS) is 15.6. The molecule has 1 aromatic heterocycles. The predicted octanol–water partition coefficient (Wildman–Crippen LogP) is 1.65. The number of rotatable bonds is 8. The van der Waals surface area contributed by atoms with E-state index in [0.717, 1.165) is 18.4 Å². The van der Waals surface area contributed by atoms with Gasteiger partial charge < -0.3 is 15.4 Å². The third kappa shape index (κ3) is 4.83. The quantitative estimate of drug-likeness (QED) is 0.657. The molecule has 0 fully saturated rings. The van der Waals surface area contributed by atoms with Crippen LogP contribution in [0.1, 0.15) is 24.8 Å². The molecule has 0 saturated heterocycles. The van der Waals surface area contributed by atoms with Gasteiger partial charge >= 0.3 is 5.69 Å². The Morgan fingerprint density at radius 1 is 1.31 bits per heavy atom. The molecule has 0 aliphatic heterocycles. The number of H-pyrrole nitrogens is 1. The molecule has 1 atom stereocenters. The van der Waals surface area contributed by atoms with E-state index in [2.05, 4.69) is 11.1 Å². The van der Waals surface area contributed by atoms with Gasteiger partial charge in [0.1, 0.15) is 5.82 Å². The summed E-state index contributed by atoms with van der Waals surface area (Å²) in [6.45, 7) is 0.602. The van der Waals surface area contributed by atoms with Crippen LogP contribution in [0.25, 0.3) is 0 Å². The predicted molar refractivity (Wildman–Crippen MR) is 112 cm³/mol. The first-order valence-electron chi connectivity index (χ1n) is 9.63. The van der Waals surface area contributed by atoms with Crippen molar-refractivity contribution in [3.05, 3.63) is 68.9 Å². The molecule has 0 bridgehead atoms. The number of methoxy groups -OCH3 is 1. The van der Waals surface area contributed by atoms with Gasteiger partial charge in [-0.15, -0.1) is 0 Å². The molecule has 29 heavy (non-hydrogen) atoms. The van der Waals surface area contributed by atoms with Crippen LogP contribution < -0.4 is 21.9 Å². The van der Waals surface area contributed by atoms with Gasteiger partial charge in [-0.05, 0) is 24.3 Å². The van der Waals surface area contributed by atoms with Crippen molar-refractivity contribution in [2.75, 3.05) is 24.4 Å². The fourth-order valence-electron chi connectivity index (χ4n) is 3.50. The van der Waals surface area contributed by atoms with E-state index >= 15 is 0 Å². The van der Waals surface area contributed by atoms with Gasteiger partial charge in [-0.25, -0.2) is 4.79 Å². The van der Waals surface area contributed by atoms with Crippen LogP contribution >= 0.6 is 0 Å². The largest absolute Gasteiger partial charge is 0.383 e. The number of aromatic nitrogens is 2. The molecule has 1 unspecified atom stereocenters. The van der Waals surface area contributed by atoms with Crippen LogP contribution in [0, 0.1) is 5.92 Å². The summed E-state index contributed by atoms with van der Waals surface area (Å²) in [5, 5.41) is 0. The zero-order chi connectivity index (χ0) is 20.8. The molecule has 2 aromatic rings. The fraction of sp³-hybridized carbons (Fsp3) is 0.381. The van der Waals surface area contributed by atoms with E-state index in [1.165, 1.54) is 16.6 Å². The highest BCUT2D eigenvalue weighted by atomic mass is 16.5. The highest BCUT2D eigenvalue weighted by Crippen LogP contribution is 2.25. The van der Waals surface area contributed by atoms with Gasteiger partial charge in [0.15, 0.2) is 5.69 Å². The number of carbonyl (C=O) groups excluding carboxylic acids is 1. The summed E-state index contributed by atoms with van der Waals surface area (Å²) < 4.78 is 6.25. The zero-order valence-electron chi connectivity index (χ0n) is 16.5. The maximum Gasteiger partial charge on any atom is 0.330 e. The van der Waals surface area contributed by atoms with Gasteiger partial charge in [0.25, 0.3) is 5.56 Å². The van der Waals surface area contributed by atoms with Crippen LogP contribution in [0.4, 0.5) is 11.5 Å². The molecule has 1 aliphatic carbocycles. The van der Waals surface area contributed by atoms with E-state index in [1.54, 1.807) is 0 Å². The monoisotopic (exact) mass is 398 g/mol. The number of ether oxygens (including phenoxy) is 1. The van der Waals surface area contributed by atoms with Crippen molar-refractivity contribution >= 4 is 17.4 Å². The molecule has 0 spiro atoms. The summed E-state index contributed by atoms with van der Waals surface area (Å²) in [4.78, 5) is 41.7. The summed E-state index contributed by atoms with van der Waals surface area (Å²) in [6, 6.07) is 9.36. The highest BCUT2D eigenvalue weighted by molar-refractivity contribution is 5.95. The summed E-state index contributed by atoms with van der Waals surface area (Å²) in [5.74, 6) is -0.109. The zero-order valence-corrected chi connectivity index (χ0v) is 16.5. The lowest BCUT2D eigenvalue weighted by Gasteiger charge is -2.25. The Morgan fingerprint density at radius 2 is 2.07 bits per heavy atom. The smallest absolute Gasteiger partial charge is 0.330 e. The molecule has 1 aliphatic rings. The minimum atomic E-state index is -0.674. The number of nitrogens with zero attached hydrogens (tertiary/aromatic N) is 2. The van der Waals surface area contributed by atoms with E-state index in [4.69, 9.17) is 10.5 Å². The van der Waals surface area contributed by atoms with Gasteiger partial charge in [0.2, 0.25) is 5.91 Å². The minimum Gasteiger partial charge on any atom is -0.383 e. The molecular formula is C21H26N4O4. The minimum absolute atomic E-state index is 0.00321. The number of hydrogen-bond donors (Lipinski definition) is 2. The second-order valence-electron chi connectivity index (χ2n) is 7.07. The molecule has 8 nitrogen and oxygen atoms in total. The first kappa shape index (κ1) is 20.6. The van der Waals surface area contributed by atoms with Gasteiger partial charge in [-0.1, -0.05) is 42.5 Å². The lowest BCUT2D eigenvalue weighted by atomic mass is 10.0. The van der Waals surface area contributed by atoms with Crippen LogP contribution in [0.15, 0.2) is 52.1 Å². The molecule has 8 heteroatoms. The summed E-state index contributed by atoms with van der Waals surface area (Å²) in [5.41, 5.74) is 5.76. The molecule has 0 saturated carbocycles. The number of amides is 1. The molecule has 0 radical (unpaired) electrons. The van der Waals surface area contributed by atoms with Crippen LogP contribution in [0.5, 0.6) is 0 Å². The second-order valence-corrected chi connectivity index (χ2v) is 7.07. The van der Waals surface area contributed by atoms with Crippen LogP contribution in [0.3, 0.4) is 0 Å². The number of nitrogen functional groups attached to an aromatic ring is 1. The van der Waals surface area contributed by atoms with Crippen molar-refractivity contribution in [3.8, 4) is 0 Å². The standard InChI is InChI=1S/C21H26N4O4/c1-29-12-11-24-19(22)18(20(27)23-21(24)28)25(14-16-9-3-2-4-10-16)17(26)13-15-7-5-6-8-15/h2-5,7,9-10,15H,6,8,11-14,22H2,1H3,(H,23,27,28). The van der Waals surface area contributed by atoms with Crippen molar-refractivity contribution in [2.24, 2.45) is 5.92 Å². The van der Waals surface area contributed by atoms with E-state index in [-0.39, 0.29) is 49.4 Å². The first-order valence-corrected chi connectivity index (χ1v) is 9.63. The SMILES string of the molecule is COCCn1c(N)c(N(Cc2ccccc2)C(=O)CC2C=CCC2)c(=O)[nH]c1=O. The maximum absolute atomic E-state index is 13.2. The lowest BCUT2D eigenvalue weighted by Crippen LogP contribution is -2.41. The van der Waals surface area contributed by atoms with E-state index in [1.807, 2.05) is 36.4 Å². The number of aromatic amines is 1. The molecule has 154 valence electrons. The number of hydrogen-bond acceptors (Lipinski definition) is 5. The number of benzene rings is 1. The topological polar surface area (TPSA) is 110 Å². The van der Waals surface area contributed by atoms with Crippen molar-refractivity contribution < 1.29 is 9.53 Å². The number of carbonyl (C=O) groups is 1. The van der Waals surface area contributed by atoms with Gasteiger partial charge in [0.05, 0.1) is 19.7 Å². The summed E-state index contributed by atoms with van der Waals surface area (Å²) in [6.07, 6.45) is 6.22. The average molecular weight is 398 g/mol. The highest BCUT2D eigenvalue weighted by Gasteiger charge is 2.26. The van der Waals surface area contributed by atoms with Crippen molar-refractivity contribution in [1.29, 1.82) is 0 Å². The average Bonchev–Trinajstić information content (AvgIpc) is 3.20. The van der Waals surface area contributed by atoms with Crippen LogP contribution in [-0.2, 0) is 22.6 Å². The lowest BCUT2D eigenvalue weighted by molar-refractivity contribution is -0.119. The van der Waals surface area contributed by atoms with Crippen molar-refractivity contribution in [3.63, 3.8) is 0 Å².